The molecule has 78 valence electrons. The second kappa shape index (κ2) is 5.39. The predicted octanol–water partition coefficient (Wildman–Crippen LogP) is 0.571. The first-order chi connectivity index (χ1) is 6.68. The van der Waals surface area contributed by atoms with Crippen LogP contribution in [0.5, 0.6) is 0 Å². The van der Waals surface area contributed by atoms with Crippen LogP contribution >= 0.6 is 0 Å². The van der Waals surface area contributed by atoms with Crippen LogP contribution in [0, 0.1) is 0 Å². The number of hydrogen-bond acceptors (Lipinski definition) is 4. The number of nitrogens with zero attached hydrogens (tertiary/aromatic N) is 1. The van der Waals surface area contributed by atoms with Crippen molar-refractivity contribution < 1.29 is 19.5 Å². The number of piperidine rings is 1. The number of rotatable bonds is 3. The first-order valence-electron chi connectivity index (χ1n) is 4.56. The third-order valence-electron chi connectivity index (χ3n) is 1.90. The van der Waals surface area contributed by atoms with Crippen molar-refractivity contribution in [3.05, 3.63) is 12.2 Å². The molecule has 0 aliphatic carbocycles. The molecule has 1 heterocycles. The molecule has 5 nitrogen and oxygen atoms in total. The number of carboxylic acid groups (broad SMARTS) is 1. The molecule has 0 aromatic rings. The summed E-state index contributed by atoms with van der Waals surface area (Å²) < 4.78 is 0. The molecule has 0 amide bonds. The largest absolute Gasteiger partial charge is 0.478 e. The second-order valence-electron chi connectivity index (χ2n) is 3.07. The number of carbonyl (C=O) groups is 2. The Hall–Kier alpha value is -1.36. The summed E-state index contributed by atoms with van der Waals surface area (Å²) in [4.78, 5) is 26.0. The molecule has 1 aliphatic rings. The van der Waals surface area contributed by atoms with Crippen LogP contribution in [-0.2, 0) is 14.4 Å². The van der Waals surface area contributed by atoms with Crippen LogP contribution in [0.4, 0.5) is 0 Å². The quantitative estimate of drug-likeness (QED) is 0.673. The number of hydroxylamine groups is 2. The van der Waals surface area contributed by atoms with Gasteiger partial charge in [-0.25, -0.2) is 9.59 Å². The minimum absolute atomic E-state index is 0.630. The zero-order chi connectivity index (χ0) is 10.4. The lowest BCUT2D eigenvalue weighted by Gasteiger charge is -2.23. The van der Waals surface area contributed by atoms with E-state index in [0.29, 0.717) is 0 Å². The fourth-order valence-electron chi connectivity index (χ4n) is 1.25. The molecule has 1 fully saturated rings. The van der Waals surface area contributed by atoms with Gasteiger partial charge in [-0.05, 0) is 12.8 Å². The molecule has 1 rings (SSSR count). The summed E-state index contributed by atoms with van der Waals surface area (Å²) >= 11 is 0. The number of aliphatic carboxylic acids is 1. The first-order valence-corrected chi connectivity index (χ1v) is 4.56. The Bertz CT molecular complexity index is 243. The Balaban J connectivity index is 2.28. The SMILES string of the molecule is O=C(O)C=CC(=O)ON1CCCCC1. The van der Waals surface area contributed by atoms with Gasteiger partial charge >= 0.3 is 11.9 Å². The van der Waals surface area contributed by atoms with E-state index < -0.39 is 11.9 Å². The van der Waals surface area contributed by atoms with E-state index >= 15 is 0 Å². The van der Waals surface area contributed by atoms with E-state index in [9.17, 15) is 9.59 Å². The van der Waals surface area contributed by atoms with E-state index in [1.165, 1.54) is 0 Å². The molecule has 0 aromatic heterocycles. The van der Waals surface area contributed by atoms with Gasteiger partial charge in [-0.15, -0.1) is 5.06 Å². The summed E-state index contributed by atoms with van der Waals surface area (Å²) in [6, 6.07) is 0. The fourth-order valence-corrected chi connectivity index (χ4v) is 1.25. The number of carbonyl (C=O) groups excluding carboxylic acids is 1. The highest BCUT2D eigenvalue weighted by Gasteiger charge is 2.13. The van der Waals surface area contributed by atoms with E-state index in [0.717, 1.165) is 44.5 Å². The van der Waals surface area contributed by atoms with Crippen LogP contribution in [0.25, 0.3) is 0 Å². The van der Waals surface area contributed by atoms with Gasteiger partial charge in [0.2, 0.25) is 0 Å². The van der Waals surface area contributed by atoms with Crippen molar-refractivity contribution in [3.63, 3.8) is 0 Å². The van der Waals surface area contributed by atoms with Crippen LogP contribution in [0.1, 0.15) is 19.3 Å². The Morgan fingerprint density at radius 2 is 1.79 bits per heavy atom. The van der Waals surface area contributed by atoms with Crippen molar-refractivity contribution in [2.45, 2.75) is 19.3 Å². The molecule has 0 saturated carbocycles. The molecule has 14 heavy (non-hydrogen) atoms. The van der Waals surface area contributed by atoms with Gasteiger partial charge in [0, 0.05) is 25.2 Å². The molecule has 0 spiro atoms. The Kier molecular flexibility index (Phi) is 4.12. The minimum atomic E-state index is -1.15. The maximum absolute atomic E-state index is 11.0. The molecule has 0 aromatic carbocycles. The molecule has 1 aliphatic heterocycles. The summed E-state index contributed by atoms with van der Waals surface area (Å²) in [6.45, 7) is 1.46. The molecule has 0 unspecified atom stereocenters. The number of carboxylic acids is 1. The van der Waals surface area contributed by atoms with Crippen LogP contribution in [-0.4, -0.2) is 35.2 Å². The Morgan fingerprint density at radius 1 is 1.14 bits per heavy atom. The minimum Gasteiger partial charge on any atom is -0.478 e. The maximum Gasteiger partial charge on any atom is 0.349 e. The van der Waals surface area contributed by atoms with Gasteiger partial charge in [0.05, 0.1) is 0 Å². The van der Waals surface area contributed by atoms with Crippen molar-refractivity contribution in [1.29, 1.82) is 0 Å². The second-order valence-corrected chi connectivity index (χ2v) is 3.07. The third-order valence-corrected chi connectivity index (χ3v) is 1.90. The van der Waals surface area contributed by atoms with Crippen molar-refractivity contribution >= 4 is 11.9 Å². The van der Waals surface area contributed by atoms with Crippen molar-refractivity contribution in [3.8, 4) is 0 Å². The smallest absolute Gasteiger partial charge is 0.349 e. The average molecular weight is 199 g/mol. The van der Waals surface area contributed by atoms with Crippen molar-refractivity contribution in [2.24, 2.45) is 0 Å². The Morgan fingerprint density at radius 3 is 2.36 bits per heavy atom. The standard InChI is InChI=1S/C9H13NO4/c11-8(12)4-5-9(13)14-10-6-2-1-3-7-10/h4-5H,1-3,6-7H2,(H,11,12). The van der Waals surface area contributed by atoms with Gasteiger partial charge in [-0.3, -0.25) is 0 Å². The van der Waals surface area contributed by atoms with E-state index in [4.69, 9.17) is 9.94 Å². The maximum atomic E-state index is 11.0. The van der Waals surface area contributed by atoms with Crippen LogP contribution < -0.4 is 0 Å². The molecule has 1 saturated heterocycles. The predicted molar refractivity (Wildman–Crippen MR) is 48.3 cm³/mol. The van der Waals surface area contributed by atoms with E-state index in [1.54, 1.807) is 5.06 Å². The van der Waals surface area contributed by atoms with E-state index in [2.05, 4.69) is 0 Å². The highest BCUT2D eigenvalue weighted by atomic mass is 16.7. The Labute approximate surface area is 81.9 Å². The van der Waals surface area contributed by atoms with Crippen LogP contribution in [0.15, 0.2) is 12.2 Å². The summed E-state index contributed by atoms with van der Waals surface area (Å²) in [7, 11) is 0. The zero-order valence-electron chi connectivity index (χ0n) is 7.81. The lowest BCUT2D eigenvalue weighted by molar-refractivity contribution is -0.188. The van der Waals surface area contributed by atoms with Crippen LogP contribution in [0.2, 0.25) is 0 Å². The van der Waals surface area contributed by atoms with Gasteiger partial charge in [-0.2, -0.15) is 0 Å². The van der Waals surface area contributed by atoms with Gasteiger partial charge < -0.3 is 9.94 Å². The monoisotopic (exact) mass is 199 g/mol. The summed E-state index contributed by atoms with van der Waals surface area (Å²) in [6.07, 6.45) is 4.86. The normalized spacial score (nSPS) is 18.3. The molecular formula is C9H13NO4. The lowest BCUT2D eigenvalue weighted by Crippen LogP contribution is -2.31. The zero-order valence-corrected chi connectivity index (χ0v) is 7.81. The topological polar surface area (TPSA) is 66.8 Å². The van der Waals surface area contributed by atoms with E-state index in [-0.39, 0.29) is 0 Å². The molecule has 5 heteroatoms. The number of hydrogen-bond donors (Lipinski definition) is 1. The van der Waals surface area contributed by atoms with Gasteiger partial charge in [0.25, 0.3) is 0 Å². The first kappa shape index (κ1) is 10.7. The fraction of sp³-hybridized carbons (Fsp3) is 0.556. The molecule has 1 N–H and O–H groups in total. The molecule has 0 radical (unpaired) electrons. The summed E-state index contributed by atoms with van der Waals surface area (Å²) in [5, 5.41) is 9.83. The third kappa shape index (κ3) is 4.04. The molecular weight excluding hydrogens is 186 g/mol. The van der Waals surface area contributed by atoms with Crippen molar-refractivity contribution in [1.82, 2.24) is 5.06 Å². The average Bonchev–Trinajstić information content (AvgIpc) is 2.16. The van der Waals surface area contributed by atoms with Gasteiger partial charge in [0.1, 0.15) is 0 Å². The lowest BCUT2D eigenvalue weighted by atomic mass is 10.2. The molecule has 0 atom stereocenters. The summed E-state index contributed by atoms with van der Waals surface area (Å²) in [5.74, 6) is -1.78. The summed E-state index contributed by atoms with van der Waals surface area (Å²) in [5.41, 5.74) is 0. The molecule has 0 bridgehead atoms. The highest BCUT2D eigenvalue weighted by molar-refractivity contribution is 5.90. The van der Waals surface area contributed by atoms with Crippen molar-refractivity contribution in [2.75, 3.05) is 13.1 Å². The van der Waals surface area contributed by atoms with Gasteiger partial charge in [0.15, 0.2) is 0 Å². The van der Waals surface area contributed by atoms with Gasteiger partial charge in [-0.1, -0.05) is 6.42 Å². The van der Waals surface area contributed by atoms with E-state index in [1.807, 2.05) is 0 Å². The van der Waals surface area contributed by atoms with Crippen LogP contribution in [0.3, 0.4) is 0 Å². The highest BCUT2D eigenvalue weighted by Crippen LogP contribution is 2.08.